The van der Waals surface area contributed by atoms with Crippen LogP contribution >= 0.6 is 0 Å². The predicted molar refractivity (Wildman–Crippen MR) is 63.5 cm³/mol. The van der Waals surface area contributed by atoms with Gasteiger partial charge in [-0.3, -0.25) is 9.48 Å². The van der Waals surface area contributed by atoms with E-state index in [1.165, 1.54) is 4.68 Å². The van der Waals surface area contributed by atoms with Crippen LogP contribution in [0.3, 0.4) is 0 Å². The van der Waals surface area contributed by atoms with E-state index in [9.17, 15) is 4.79 Å². The van der Waals surface area contributed by atoms with Crippen LogP contribution in [-0.2, 0) is 11.8 Å². The van der Waals surface area contributed by atoms with Gasteiger partial charge in [0.05, 0.1) is 11.3 Å². The van der Waals surface area contributed by atoms with Crippen LogP contribution in [0.2, 0.25) is 0 Å². The van der Waals surface area contributed by atoms with E-state index in [1.54, 1.807) is 13.2 Å². The molecule has 1 aliphatic rings. The molecule has 1 unspecified atom stereocenters. The van der Waals surface area contributed by atoms with Crippen molar-refractivity contribution in [1.82, 2.24) is 15.1 Å². The molecule has 2 heterocycles. The van der Waals surface area contributed by atoms with Crippen molar-refractivity contribution in [2.24, 2.45) is 7.05 Å². The van der Waals surface area contributed by atoms with E-state index in [-0.39, 0.29) is 17.2 Å². The zero-order valence-electron chi connectivity index (χ0n) is 10.2. The summed E-state index contributed by atoms with van der Waals surface area (Å²) in [5.41, 5.74) is 6.10. The molecule has 0 aliphatic carbocycles. The maximum Gasteiger partial charge on any atom is 0.274 e. The smallest absolute Gasteiger partial charge is 0.274 e. The molecule has 1 aliphatic heterocycles. The largest absolute Gasteiger partial charge is 0.396 e. The molecule has 17 heavy (non-hydrogen) atoms. The van der Waals surface area contributed by atoms with Gasteiger partial charge in [0.2, 0.25) is 0 Å². The Morgan fingerprint density at radius 3 is 3.06 bits per heavy atom. The molecule has 0 radical (unpaired) electrons. The Morgan fingerprint density at radius 1 is 1.76 bits per heavy atom. The fourth-order valence-electron chi connectivity index (χ4n) is 2.01. The van der Waals surface area contributed by atoms with Gasteiger partial charge in [-0.15, -0.1) is 0 Å². The fourth-order valence-corrected chi connectivity index (χ4v) is 2.01. The number of anilines is 1. The van der Waals surface area contributed by atoms with E-state index < -0.39 is 0 Å². The Morgan fingerprint density at radius 2 is 2.53 bits per heavy atom. The molecular formula is C11H18N4O2. The van der Waals surface area contributed by atoms with Crippen molar-refractivity contribution in [3.8, 4) is 0 Å². The van der Waals surface area contributed by atoms with Crippen molar-refractivity contribution in [3.63, 3.8) is 0 Å². The van der Waals surface area contributed by atoms with Gasteiger partial charge in [-0.2, -0.15) is 5.10 Å². The highest BCUT2D eigenvalue weighted by Gasteiger charge is 2.30. The van der Waals surface area contributed by atoms with Crippen LogP contribution in [0.5, 0.6) is 0 Å². The van der Waals surface area contributed by atoms with Crippen LogP contribution in [-0.4, -0.2) is 34.4 Å². The average Bonchev–Trinajstić information content (AvgIpc) is 2.83. The molecule has 2 rings (SSSR count). The first kappa shape index (κ1) is 11.9. The summed E-state index contributed by atoms with van der Waals surface area (Å²) in [5, 5.41) is 6.83. The summed E-state index contributed by atoms with van der Waals surface area (Å²) in [6, 6.07) is 0. The molecule has 1 aromatic rings. The number of carbonyl (C=O) groups excluding carboxylic acids is 1. The second-order valence-corrected chi connectivity index (χ2v) is 4.69. The summed E-state index contributed by atoms with van der Waals surface area (Å²) in [6.07, 6.45) is 3.62. The van der Waals surface area contributed by atoms with E-state index in [2.05, 4.69) is 10.4 Å². The third-order valence-corrected chi connectivity index (χ3v) is 3.00. The van der Waals surface area contributed by atoms with Gasteiger partial charge >= 0.3 is 0 Å². The topological polar surface area (TPSA) is 82.2 Å². The number of carbonyl (C=O) groups is 1. The SMILES string of the molecule is Cn1cc(N)c(C(=O)NCC2(C)CCCO2)n1. The molecule has 6 heteroatoms. The molecule has 0 spiro atoms. The highest BCUT2D eigenvalue weighted by Crippen LogP contribution is 2.24. The molecule has 1 aromatic heterocycles. The molecule has 6 nitrogen and oxygen atoms in total. The Kier molecular flexibility index (Phi) is 3.06. The van der Waals surface area contributed by atoms with Gasteiger partial charge in [-0.05, 0) is 19.8 Å². The summed E-state index contributed by atoms with van der Waals surface area (Å²) < 4.78 is 7.12. The Labute approximate surface area is 100 Å². The lowest BCUT2D eigenvalue weighted by Gasteiger charge is -2.23. The third kappa shape index (κ3) is 2.58. The van der Waals surface area contributed by atoms with Crippen molar-refractivity contribution in [1.29, 1.82) is 0 Å². The highest BCUT2D eigenvalue weighted by atomic mass is 16.5. The lowest BCUT2D eigenvalue weighted by molar-refractivity contribution is 0.0205. The lowest BCUT2D eigenvalue weighted by Crippen LogP contribution is -2.40. The van der Waals surface area contributed by atoms with Crippen molar-refractivity contribution in [3.05, 3.63) is 11.9 Å². The molecule has 94 valence electrons. The van der Waals surface area contributed by atoms with E-state index in [1.807, 2.05) is 6.92 Å². The molecule has 1 saturated heterocycles. The zero-order valence-corrected chi connectivity index (χ0v) is 10.2. The highest BCUT2D eigenvalue weighted by molar-refractivity contribution is 5.97. The zero-order chi connectivity index (χ0) is 12.5. The first-order valence-electron chi connectivity index (χ1n) is 5.71. The standard InChI is InChI=1S/C11H18N4O2/c1-11(4-3-5-17-11)7-13-10(16)9-8(12)6-15(2)14-9/h6H,3-5,7,12H2,1-2H3,(H,13,16). The number of nitrogens with one attached hydrogen (secondary N) is 1. The van der Waals surface area contributed by atoms with Crippen LogP contribution in [0, 0.1) is 0 Å². The van der Waals surface area contributed by atoms with Gasteiger partial charge in [0.15, 0.2) is 5.69 Å². The maximum atomic E-state index is 11.9. The minimum absolute atomic E-state index is 0.250. The number of ether oxygens (including phenoxy) is 1. The molecular weight excluding hydrogens is 220 g/mol. The number of hydrogen-bond acceptors (Lipinski definition) is 4. The lowest BCUT2D eigenvalue weighted by atomic mass is 10.0. The number of aromatic nitrogens is 2. The van der Waals surface area contributed by atoms with Gasteiger partial charge in [-0.1, -0.05) is 0 Å². The van der Waals surface area contributed by atoms with Gasteiger partial charge in [-0.25, -0.2) is 0 Å². The quantitative estimate of drug-likeness (QED) is 0.793. The molecule has 0 bridgehead atoms. The maximum absolute atomic E-state index is 11.9. The second kappa shape index (κ2) is 4.37. The number of rotatable bonds is 3. The van der Waals surface area contributed by atoms with E-state index in [0.29, 0.717) is 12.2 Å². The number of nitrogens with two attached hydrogens (primary N) is 1. The molecule has 0 saturated carbocycles. The Hall–Kier alpha value is -1.56. The third-order valence-electron chi connectivity index (χ3n) is 3.00. The Balaban J connectivity index is 1.95. The van der Waals surface area contributed by atoms with Crippen LogP contribution in [0.4, 0.5) is 5.69 Å². The number of hydrogen-bond donors (Lipinski definition) is 2. The normalized spacial score (nSPS) is 23.9. The van der Waals surface area contributed by atoms with Crippen LogP contribution in [0.15, 0.2) is 6.20 Å². The fraction of sp³-hybridized carbons (Fsp3) is 0.636. The molecule has 0 aromatic carbocycles. The van der Waals surface area contributed by atoms with Crippen molar-refractivity contribution in [2.45, 2.75) is 25.4 Å². The van der Waals surface area contributed by atoms with E-state index >= 15 is 0 Å². The monoisotopic (exact) mass is 238 g/mol. The average molecular weight is 238 g/mol. The van der Waals surface area contributed by atoms with E-state index in [0.717, 1.165) is 19.4 Å². The molecule has 1 atom stereocenters. The van der Waals surface area contributed by atoms with Crippen molar-refractivity contribution in [2.75, 3.05) is 18.9 Å². The molecule has 3 N–H and O–H groups in total. The van der Waals surface area contributed by atoms with Gasteiger partial charge in [0, 0.05) is 26.4 Å². The minimum atomic E-state index is -0.251. The summed E-state index contributed by atoms with van der Waals surface area (Å²) in [5.74, 6) is -0.250. The first-order valence-corrected chi connectivity index (χ1v) is 5.71. The van der Waals surface area contributed by atoms with E-state index in [4.69, 9.17) is 10.5 Å². The predicted octanol–water partition coefficient (Wildman–Crippen LogP) is 0.301. The van der Waals surface area contributed by atoms with Gasteiger partial charge in [0.25, 0.3) is 5.91 Å². The summed E-state index contributed by atoms with van der Waals surface area (Å²) >= 11 is 0. The van der Waals surface area contributed by atoms with Crippen molar-refractivity contribution >= 4 is 11.6 Å². The molecule has 1 fully saturated rings. The van der Waals surface area contributed by atoms with Gasteiger partial charge < -0.3 is 15.8 Å². The molecule has 1 amide bonds. The van der Waals surface area contributed by atoms with Crippen LogP contribution in [0.1, 0.15) is 30.3 Å². The van der Waals surface area contributed by atoms with Crippen molar-refractivity contribution < 1.29 is 9.53 Å². The Bertz CT molecular complexity index is 421. The summed E-state index contributed by atoms with van der Waals surface area (Å²) in [7, 11) is 1.73. The summed E-state index contributed by atoms with van der Waals surface area (Å²) in [4.78, 5) is 11.9. The number of amides is 1. The second-order valence-electron chi connectivity index (χ2n) is 4.69. The minimum Gasteiger partial charge on any atom is -0.396 e. The van der Waals surface area contributed by atoms with Crippen LogP contribution < -0.4 is 11.1 Å². The number of nitrogen functional groups attached to an aromatic ring is 1. The van der Waals surface area contributed by atoms with Crippen LogP contribution in [0.25, 0.3) is 0 Å². The first-order chi connectivity index (χ1) is 8.00. The van der Waals surface area contributed by atoms with Gasteiger partial charge in [0.1, 0.15) is 0 Å². The number of aryl methyl sites for hydroxylation is 1. The number of nitrogens with zero attached hydrogens (tertiary/aromatic N) is 2. The summed E-state index contributed by atoms with van der Waals surface area (Å²) in [6.45, 7) is 3.25.